The number of aryl methyl sites for hydroxylation is 1. The summed E-state index contributed by atoms with van der Waals surface area (Å²) in [5.41, 5.74) is 4.85. The minimum Gasteiger partial charge on any atom is -0.377 e. The number of ether oxygens (including phenoxy) is 8. The van der Waals surface area contributed by atoms with Gasteiger partial charge in [-0.2, -0.15) is 0 Å². The van der Waals surface area contributed by atoms with Crippen LogP contribution in [-0.2, 0) is 53.9 Å². The number of fused-ring (bicyclic) bond motifs is 1. The molecule has 3 N–H and O–H groups in total. The Balaban J connectivity index is 1.02. The number of carbonyl (C=O) groups excluding carboxylic acids is 3. The van der Waals surface area contributed by atoms with E-state index in [0.29, 0.717) is 137 Å². The second-order valence-corrected chi connectivity index (χ2v) is 12.6. The summed E-state index contributed by atoms with van der Waals surface area (Å²) in [6.07, 6.45) is 2.36. The van der Waals surface area contributed by atoms with Crippen molar-refractivity contribution in [2.45, 2.75) is 26.2 Å². The second-order valence-electron chi connectivity index (χ2n) is 12.6. The number of hydrogen-bond donors (Lipinski definition) is 3. The lowest BCUT2D eigenvalue weighted by Crippen LogP contribution is -2.33. The molecule has 3 rings (SSSR count). The summed E-state index contributed by atoms with van der Waals surface area (Å²) in [7, 11) is 1.81. The van der Waals surface area contributed by atoms with Crippen molar-refractivity contribution in [2.24, 2.45) is 0 Å². The molecule has 15 heteroatoms. The lowest BCUT2D eigenvalue weighted by atomic mass is 9.95. The van der Waals surface area contributed by atoms with Crippen molar-refractivity contribution in [3.8, 4) is 11.1 Å². The fraction of sp³-hybridized carbons (Fsp3) is 0.625. The van der Waals surface area contributed by atoms with E-state index in [2.05, 4.69) is 22.0 Å². The third-order valence-corrected chi connectivity index (χ3v) is 8.37. The van der Waals surface area contributed by atoms with Gasteiger partial charge in [0.05, 0.1) is 106 Å². The molecule has 0 fully saturated rings. The average molecular weight is 775 g/mol. The maximum absolute atomic E-state index is 12.6. The highest BCUT2D eigenvalue weighted by Gasteiger charge is 2.20. The molecule has 308 valence electrons. The minimum atomic E-state index is -0.151. The molecular formula is C40H62N4O11. The van der Waals surface area contributed by atoms with Gasteiger partial charge in [0.2, 0.25) is 11.8 Å². The van der Waals surface area contributed by atoms with Crippen molar-refractivity contribution in [3.05, 3.63) is 53.6 Å². The molecule has 1 aliphatic rings. The molecule has 0 aliphatic carbocycles. The zero-order valence-corrected chi connectivity index (χ0v) is 32.7. The Labute approximate surface area is 326 Å². The molecule has 0 saturated heterocycles. The standard InChI is InChI=1S/C40H62N4O11/c1-33(45)44-15-3-4-37-32-36(9-10-38(37)44)34-5-7-35(8-6-34)40(47)43-14-17-49-19-21-51-23-25-53-27-29-55-31-30-54-28-26-52-24-22-50-20-18-48-16-13-42-39(46)11-12-41-2/h5-10,32,41H,3-4,11-31H2,1-2H3,(H,42,46)(H,43,47). The molecule has 3 amide bonds. The molecule has 0 aromatic heterocycles. The topological polar surface area (TPSA) is 164 Å². The molecule has 55 heavy (non-hydrogen) atoms. The fourth-order valence-electron chi connectivity index (χ4n) is 5.49. The third kappa shape index (κ3) is 20.3. The van der Waals surface area contributed by atoms with Gasteiger partial charge >= 0.3 is 0 Å². The minimum absolute atomic E-state index is 0.0113. The number of rotatable bonds is 32. The maximum atomic E-state index is 12.6. The largest absolute Gasteiger partial charge is 0.377 e. The van der Waals surface area contributed by atoms with Gasteiger partial charge in [0.1, 0.15) is 0 Å². The summed E-state index contributed by atoms with van der Waals surface area (Å²) in [6.45, 7) is 11.3. The van der Waals surface area contributed by atoms with Crippen molar-refractivity contribution in [2.75, 3.05) is 144 Å². The van der Waals surface area contributed by atoms with Gasteiger partial charge in [-0.05, 0) is 60.8 Å². The number of nitrogens with zero attached hydrogens (tertiary/aromatic N) is 1. The summed E-state index contributed by atoms with van der Waals surface area (Å²) in [4.78, 5) is 37.8. The van der Waals surface area contributed by atoms with Crippen LogP contribution in [0.3, 0.4) is 0 Å². The number of anilines is 1. The summed E-state index contributed by atoms with van der Waals surface area (Å²) in [5, 5.41) is 8.61. The van der Waals surface area contributed by atoms with Crippen LogP contribution >= 0.6 is 0 Å². The summed E-state index contributed by atoms with van der Waals surface area (Å²) < 4.78 is 43.9. The van der Waals surface area contributed by atoms with Crippen LogP contribution in [0.1, 0.15) is 35.7 Å². The highest BCUT2D eigenvalue weighted by Crippen LogP contribution is 2.32. The number of nitrogens with one attached hydrogen (secondary N) is 3. The lowest BCUT2D eigenvalue weighted by Gasteiger charge is -2.29. The molecule has 15 nitrogen and oxygen atoms in total. The van der Waals surface area contributed by atoms with E-state index >= 15 is 0 Å². The SMILES string of the molecule is CNCCC(=O)NCCOCCOCCOCCOCCOCCOCCOCCOCCNC(=O)c1ccc(-c2ccc3c(c2)CCCN3C(C)=O)cc1. The fourth-order valence-corrected chi connectivity index (χ4v) is 5.49. The van der Waals surface area contributed by atoms with Gasteiger partial charge in [-0.1, -0.05) is 18.2 Å². The Morgan fingerprint density at radius 2 is 1.04 bits per heavy atom. The molecule has 0 radical (unpaired) electrons. The predicted octanol–water partition coefficient (Wildman–Crippen LogP) is 2.24. The second kappa shape index (κ2) is 29.7. The van der Waals surface area contributed by atoms with E-state index in [-0.39, 0.29) is 17.7 Å². The first-order valence-corrected chi connectivity index (χ1v) is 19.3. The maximum Gasteiger partial charge on any atom is 0.251 e. The molecule has 0 bridgehead atoms. The van der Waals surface area contributed by atoms with Gasteiger partial charge in [0, 0.05) is 50.8 Å². The van der Waals surface area contributed by atoms with Crippen molar-refractivity contribution >= 4 is 23.4 Å². The molecule has 0 saturated carbocycles. The van der Waals surface area contributed by atoms with Gasteiger partial charge in [0.25, 0.3) is 5.91 Å². The molecule has 0 atom stereocenters. The summed E-state index contributed by atoms with van der Waals surface area (Å²) >= 11 is 0. The smallest absolute Gasteiger partial charge is 0.251 e. The third-order valence-electron chi connectivity index (χ3n) is 8.37. The van der Waals surface area contributed by atoms with Gasteiger partial charge < -0.3 is 58.7 Å². The van der Waals surface area contributed by atoms with Crippen LogP contribution in [0.15, 0.2) is 42.5 Å². The first-order chi connectivity index (χ1) is 27.0. The van der Waals surface area contributed by atoms with Crippen molar-refractivity contribution in [3.63, 3.8) is 0 Å². The number of benzene rings is 2. The zero-order chi connectivity index (χ0) is 39.2. The van der Waals surface area contributed by atoms with Gasteiger partial charge in [-0.3, -0.25) is 14.4 Å². The number of amides is 3. The molecule has 2 aromatic carbocycles. The highest BCUT2D eigenvalue weighted by atomic mass is 16.6. The summed E-state index contributed by atoms with van der Waals surface area (Å²) in [5.74, 6) is -0.0731. The van der Waals surface area contributed by atoms with E-state index in [1.54, 1.807) is 6.92 Å². The van der Waals surface area contributed by atoms with E-state index in [0.717, 1.165) is 36.2 Å². The Bertz CT molecular complexity index is 1350. The van der Waals surface area contributed by atoms with Gasteiger partial charge in [-0.15, -0.1) is 0 Å². The van der Waals surface area contributed by atoms with E-state index in [9.17, 15) is 14.4 Å². The average Bonchev–Trinajstić information content (AvgIpc) is 3.20. The predicted molar refractivity (Wildman–Crippen MR) is 209 cm³/mol. The van der Waals surface area contributed by atoms with Crippen LogP contribution in [0.5, 0.6) is 0 Å². The van der Waals surface area contributed by atoms with Crippen molar-refractivity contribution in [1.82, 2.24) is 16.0 Å². The van der Waals surface area contributed by atoms with E-state index in [1.807, 2.05) is 48.3 Å². The highest BCUT2D eigenvalue weighted by molar-refractivity contribution is 5.95. The van der Waals surface area contributed by atoms with E-state index in [1.165, 1.54) is 5.56 Å². The van der Waals surface area contributed by atoms with Crippen LogP contribution in [0.25, 0.3) is 11.1 Å². The van der Waals surface area contributed by atoms with Crippen LogP contribution in [0.4, 0.5) is 5.69 Å². The molecule has 0 spiro atoms. The van der Waals surface area contributed by atoms with Gasteiger partial charge in [0.15, 0.2) is 0 Å². The Kier molecular flexibility index (Phi) is 24.8. The number of carbonyl (C=O) groups is 3. The summed E-state index contributed by atoms with van der Waals surface area (Å²) in [6, 6.07) is 13.7. The molecule has 0 unspecified atom stereocenters. The molecule has 1 heterocycles. The first kappa shape index (κ1) is 45.9. The first-order valence-electron chi connectivity index (χ1n) is 19.3. The van der Waals surface area contributed by atoms with Crippen molar-refractivity contribution in [1.29, 1.82) is 0 Å². The quantitative estimate of drug-likeness (QED) is 0.0931. The van der Waals surface area contributed by atoms with Crippen LogP contribution in [0, 0.1) is 0 Å². The van der Waals surface area contributed by atoms with Crippen LogP contribution in [-0.4, -0.2) is 157 Å². The Morgan fingerprint density at radius 1 is 0.582 bits per heavy atom. The van der Waals surface area contributed by atoms with Crippen molar-refractivity contribution < 1.29 is 52.3 Å². The Hall–Kier alpha value is -3.51. The van der Waals surface area contributed by atoms with Gasteiger partial charge in [-0.25, -0.2) is 0 Å². The Morgan fingerprint density at radius 3 is 1.51 bits per heavy atom. The normalized spacial score (nSPS) is 12.4. The number of hydrogen-bond acceptors (Lipinski definition) is 12. The lowest BCUT2D eigenvalue weighted by molar-refractivity contribution is -0.121. The van der Waals surface area contributed by atoms with Crippen LogP contribution in [0.2, 0.25) is 0 Å². The monoisotopic (exact) mass is 774 g/mol. The van der Waals surface area contributed by atoms with Crippen LogP contribution < -0.4 is 20.9 Å². The van der Waals surface area contributed by atoms with E-state index < -0.39 is 0 Å². The zero-order valence-electron chi connectivity index (χ0n) is 32.7. The molecular weight excluding hydrogens is 712 g/mol. The van der Waals surface area contributed by atoms with E-state index in [4.69, 9.17) is 37.9 Å². The molecule has 2 aromatic rings. The molecule has 1 aliphatic heterocycles.